The van der Waals surface area contributed by atoms with E-state index in [0.29, 0.717) is 5.56 Å². The number of hydrogen-bond donors (Lipinski definition) is 2. The minimum absolute atomic E-state index is 0.107. The van der Waals surface area contributed by atoms with Crippen molar-refractivity contribution in [3.63, 3.8) is 0 Å². The highest BCUT2D eigenvalue weighted by Gasteiger charge is 2.18. The summed E-state index contributed by atoms with van der Waals surface area (Å²) in [5, 5.41) is 2.48. The highest BCUT2D eigenvalue weighted by molar-refractivity contribution is 7.89. The van der Waals surface area contributed by atoms with Gasteiger partial charge in [-0.15, -0.1) is 0 Å². The Morgan fingerprint density at radius 1 is 1.18 bits per heavy atom. The molecule has 0 aliphatic heterocycles. The summed E-state index contributed by atoms with van der Waals surface area (Å²) in [6.45, 7) is 1.74. The predicted molar refractivity (Wildman–Crippen MR) is 82.8 cm³/mol. The van der Waals surface area contributed by atoms with Crippen LogP contribution >= 0.6 is 0 Å². The Bertz CT molecular complexity index is 743. The van der Waals surface area contributed by atoms with Crippen LogP contribution in [0.15, 0.2) is 53.7 Å². The Kier molecular flexibility index (Phi) is 4.89. The van der Waals surface area contributed by atoms with Gasteiger partial charge in [0.1, 0.15) is 0 Å². The maximum Gasteiger partial charge on any atom is 0.251 e. The van der Waals surface area contributed by atoms with E-state index in [0.717, 1.165) is 5.56 Å². The van der Waals surface area contributed by atoms with Crippen molar-refractivity contribution in [1.29, 1.82) is 0 Å². The van der Waals surface area contributed by atoms with Gasteiger partial charge >= 0.3 is 0 Å². The average Bonchev–Trinajstić information content (AvgIpc) is 2.54. The highest BCUT2D eigenvalue weighted by Crippen LogP contribution is 2.16. The zero-order valence-electron chi connectivity index (χ0n) is 12.3. The summed E-state index contributed by atoms with van der Waals surface area (Å²) in [5.41, 5.74) is 1.18. The maximum atomic E-state index is 12.3. The molecule has 0 aliphatic carbocycles. The second kappa shape index (κ2) is 6.67. The number of sulfonamides is 1. The van der Waals surface area contributed by atoms with Crippen LogP contribution < -0.4 is 10.0 Å². The summed E-state index contributed by atoms with van der Waals surface area (Å²) < 4.78 is 27.3. The van der Waals surface area contributed by atoms with Crippen molar-refractivity contribution in [3.05, 3.63) is 59.9 Å². The molecule has 1 atom stereocenters. The third kappa shape index (κ3) is 3.69. The van der Waals surface area contributed by atoms with Crippen molar-refractivity contribution in [2.75, 3.05) is 7.05 Å². The second-order valence-electron chi connectivity index (χ2n) is 4.73. The van der Waals surface area contributed by atoms with E-state index in [-0.39, 0.29) is 10.8 Å². The lowest BCUT2D eigenvalue weighted by Gasteiger charge is -2.14. The van der Waals surface area contributed by atoms with Gasteiger partial charge in [-0.1, -0.05) is 6.07 Å². The minimum Gasteiger partial charge on any atom is -0.355 e. The quantitative estimate of drug-likeness (QED) is 0.874. The molecule has 1 heterocycles. The Labute approximate surface area is 129 Å². The molecule has 22 heavy (non-hydrogen) atoms. The minimum atomic E-state index is -3.67. The monoisotopic (exact) mass is 319 g/mol. The summed E-state index contributed by atoms with van der Waals surface area (Å²) in [6.07, 6.45) is 3.24. The molecular weight excluding hydrogens is 302 g/mol. The van der Waals surface area contributed by atoms with E-state index < -0.39 is 16.1 Å². The number of rotatable bonds is 5. The fraction of sp³-hybridized carbons (Fsp3) is 0.200. The van der Waals surface area contributed by atoms with Crippen molar-refractivity contribution >= 4 is 15.9 Å². The van der Waals surface area contributed by atoms with Gasteiger partial charge in [0.2, 0.25) is 10.0 Å². The van der Waals surface area contributed by atoms with Gasteiger partial charge in [-0.3, -0.25) is 9.78 Å². The summed E-state index contributed by atoms with van der Waals surface area (Å²) >= 11 is 0. The van der Waals surface area contributed by atoms with E-state index in [1.807, 2.05) is 0 Å². The van der Waals surface area contributed by atoms with E-state index >= 15 is 0 Å². The summed E-state index contributed by atoms with van der Waals surface area (Å²) in [5.74, 6) is -0.263. The van der Waals surface area contributed by atoms with Crippen LogP contribution in [0.5, 0.6) is 0 Å². The smallest absolute Gasteiger partial charge is 0.251 e. The number of nitrogens with zero attached hydrogens (tertiary/aromatic N) is 1. The van der Waals surface area contributed by atoms with Gasteiger partial charge < -0.3 is 5.32 Å². The van der Waals surface area contributed by atoms with Crippen LogP contribution in [0.3, 0.4) is 0 Å². The predicted octanol–water partition coefficient (Wildman–Crippen LogP) is 1.48. The Morgan fingerprint density at radius 2 is 1.86 bits per heavy atom. The molecule has 0 aliphatic rings. The average molecular weight is 319 g/mol. The molecule has 1 aromatic heterocycles. The Hall–Kier alpha value is -2.25. The first-order valence-electron chi connectivity index (χ1n) is 6.68. The zero-order chi connectivity index (χ0) is 16.2. The lowest BCUT2D eigenvalue weighted by Crippen LogP contribution is -2.27. The normalized spacial score (nSPS) is 12.6. The lowest BCUT2D eigenvalue weighted by molar-refractivity contribution is 0.0963. The molecule has 1 amide bonds. The fourth-order valence-corrected chi connectivity index (χ4v) is 3.16. The molecule has 0 radical (unpaired) electrons. The first-order valence-corrected chi connectivity index (χ1v) is 8.17. The Balaban J connectivity index is 2.18. The summed E-state index contributed by atoms with van der Waals surface area (Å²) in [4.78, 5) is 15.5. The van der Waals surface area contributed by atoms with Crippen molar-refractivity contribution in [2.45, 2.75) is 17.9 Å². The SMILES string of the molecule is CNC(=O)c1ccc(S(=O)(=O)N[C@H](C)c2cccnc2)cc1. The highest BCUT2D eigenvalue weighted by atomic mass is 32.2. The van der Waals surface area contributed by atoms with Crippen molar-refractivity contribution in [1.82, 2.24) is 15.0 Å². The number of aromatic nitrogens is 1. The fourth-order valence-electron chi connectivity index (χ4n) is 1.93. The van der Waals surface area contributed by atoms with Crippen molar-refractivity contribution in [3.8, 4) is 0 Å². The van der Waals surface area contributed by atoms with Crippen LogP contribution in [0, 0.1) is 0 Å². The number of nitrogens with one attached hydrogen (secondary N) is 2. The number of benzene rings is 1. The lowest BCUT2D eigenvalue weighted by atomic mass is 10.2. The van der Waals surface area contributed by atoms with Crippen LogP contribution in [0.1, 0.15) is 28.9 Å². The van der Waals surface area contributed by atoms with E-state index in [1.165, 1.54) is 31.3 Å². The molecule has 7 heteroatoms. The van der Waals surface area contributed by atoms with E-state index in [2.05, 4.69) is 15.0 Å². The molecule has 2 N–H and O–H groups in total. The Morgan fingerprint density at radius 3 is 2.41 bits per heavy atom. The maximum absolute atomic E-state index is 12.3. The molecule has 0 fully saturated rings. The third-order valence-corrected chi connectivity index (χ3v) is 4.73. The van der Waals surface area contributed by atoms with Gasteiger partial charge in [0.15, 0.2) is 0 Å². The number of pyridine rings is 1. The molecule has 0 bridgehead atoms. The summed E-state index contributed by atoms with van der Waals surface area (Å²) in [6, 6.07) is 8.90. The molecule has 2 rings (SSSR count). The topological polar surface area (TPSA) is 88.2 Å². The van der Waals surface area contributed by atoms with E-state index in [9.17, 15) is 13.2 Å². The number of hydrogen-bond acceptors (Lipinski definition) is 4. The van der Waals surface area contributed by atoms with Gasteiger partial charge in [0, 0.05) is 31.0 Å². The van der Waals surface area contributed by atoms with Gasteiger partial charge in [-0.2, -0.15) is 0 Å². The van der Waals surface area contributed by atoms with Gasteiger partial charge in [0.25, 0.3) is 5.91 Å². The van der Waals surface area contributed by atoms with Gasteiger partial charge in [-0.05, 0) is 42.8 Å². The van der Waals surface area contributed by atoms with E-state index in [1.54, 1.807) is 31.5 Å². The van der Waals surface area contributed by atoms with Crippen LogP contribution in [-0.2, 0) is 10.0 Å². The van der Waals surface area contributed by atoms with Crippen LogP contribution in [0.4, 0.5) is 0 Å². The molecule has 1 aromatic carbocycles. The second-order valence-corrected chi connectivity index (χ2v) is 6.45. The molecule has 0 saturated heterocycles. The number of carbonyl (C=O) groups excluding carboxylic acids is 1. The van der Waals surface area contributed by atoms with Crippen LogP contribution in [-0.4, -0.2) is 26.4 Å². The standard InChI is InChI=1S/C15H17N3O3S/c1-11(13-4-3-9-17-10-13)18-22(20,21)14-7-5-12(6-8-14)15(19)16-2/h3-11,18H,1-2H3,(H,16,19)/t11-/m1/s1. The molecule has 6 nitrogen and oxygen atoms in total. The molecule has 0 saturated carbocycles. The van der Waals surface area contributed by atoms with Crippen LogP contribution in [0.25, 0.3) is 0 Å². The molecule has 0 unspecified atom stereocenters. The molecule has 2 aromatic rings. The van der Waals surface area contributed by atoms with Crippen LogP contribution in [0.2, 0.25) is 0 Å². The zero-order valence-corrected chi connectivity index (χ0v) is 13.1. The van der Waals surface area contributed by atoms with Gasteiger partial charge in [-0.25, -0.2) is 13.1 Å². The number of carbonyl (C=O) groups is 1. The number of amides is 1. The first kappa shape index (κ1) is 16.1. The molecular formula is C15H17N3O3S. The van der Waals surface area contributed by atoms with Crippen molar-refractivity contribution < 1.29 is 13.2 Å². The molecule has 116 valence electrons. The van der Waals surface area contributed by atoms with Crippen molar-refractivity contribution in [2.24, 2.45) is 0 Å². The van der Waals surface area contributed by atoms with E-state index in [4.69, 9.17) is 0 Å². The first-order chi connectivity index (χ1) is 10.4. The molecule has 0 spiro atoms. The van der Waals surface area contributed by atoms with Gasteiger partial charge in [0.05, 0.1) is 4.90 Å². The summed E-state index contributed by atoms with van der Waals surface area (Å²) in [7, 11) is -2.15. The largest absolute Gasteiger partial charge is 0.355 e. The third-order valence-electron chi connectivity index (χ3n) is 3.17.